The Bertz CT molecular complexity index is 2360. The van der Waals surface area contributed by atoms with Crippen molar-refractivity contribution < 1.29 is 51.6 Å². The Balaban J connectivity index is 0.00000224. The fraction of sp³-hybridized carbons (Fsp3) is 0.0952. The van der Waals surface area contributed by atoms with Gasteiger partial charge in [0, 0.05) is 47.8 Å². The van der Waals surface area contributed by atoms with Crippen LogP contribution in [0, 0.1) is 52.0 Å². The molecule has 0 saturated carbocycles. The van der Waals surface area contributed by atoms with E-state index in [4.69, 9.17) is 9.47 Å². The molecule has 0 aliphatic carbocycles. The van der Waals surface area contributed by atoms with Crippen molar-refractivity contribution in [2.45, 2.75) is 27.7 Å². The van der Waals surface area contributed by atoms with Gasteiger partial charge in [-0.25, -0.2) is 9.97 Å². The van der Waals surface area contributed by atoms with Gasteiger partial charge in [-0.2, -0.15) is 22.9 Å². The van der Waals surface area contributed by atoms with Crippen molar-refractivity contribution in [3.8, 4) is 51.5 Å². The first kappa shape index (κ1) is 35.8. The van der Waals surface area contributed by atoms with Gasteiger partial charge in [-0.1, -0.05) is 72.4 Å². The number of ether oxygens (including phenoxy) is 2. The minimum absolute atomic E-state index is 0. The predicted molar refractivity (Wildman–Crippen MR) is 190 cm³/mol. The second-order valence-electron chi connectivity index (χ2n) is 12.1. The van der Waals surface area contributed by atoms with E-state index in [1.54, 1.807) is 30.9 Å². The van der Waals surface area contributed by atoms with E-state index in [0.29, 0.717) is 28.9 Å². The van der Waals surface area contributed by atoms with Gasteiger partial charge in [0.2, 0.25) is 5.95 Å². The summed E-state index contributed by atoms with van der Waals surface area (Å²) in [6, 6.07) is 39.4. The first-order valence-corrected chi connectivity index (χ1v) is 15.9. The zero-order chi connectivity index (χ0) is 33.5. The van der Waals surface area contributed by atoms with Crippen molar-refractivity contribution in [2.75, 3.05) is 0 Å². The van der Waals surface area contributed by atoms with Crippen LogP contribution in [0.25, 0.3) is 50.3 Å². The number of aromatic nitrogens is 5. The number of nitrogens with zero attached hydrogens (tertiary/aromatic N) is 5. The van der Waals surface area contributed by atoms with Gasteiger partial charge in [0.25, 0.3) is 0 Å². The van der Waals surface area contributed by atoms with E-state index < -0.39 is 0 Å². The van der Waals surface area contributed by atoms with Crippen LogP contribution in [0.1, 0.15) is 22.3 Å². The smallest absolute Gasteiger partial charge is 0.503 e. The maximum atomic E-state index is 6.38. The van der Waals surface area contributed by atoms with Crippen molar-refractivity contribution in [2.24, 2.45) is 0 Å². The van der Waals surface area contributed by atoms with Crippen molar-refractivity contribution >= 4 is 21.8 Å². The van der Waals surface area contributed by atoms with E-state index in [-0.39, 0.29) is 42.1 Å². The normalized spacial score (nSPS) is 10.8. The second kappa shape index (κ2) is 15.1. The molecule has 0 unspecified atom stereocenters. The van der Waals surface area contributed by atoms with E-state index in [1.165, 1.54) is 0 Å². The molecule has 0 spiro atoms. The van der Waals surface area contributed by atoms with E-state index in [2.05, 4.69) is 56.3 Å². The van der Waals surface area contributed by atoms with E-state index >= 15 is 0 Å². The van der Waals surface area contributed by atoms with E-state index in [0.717, 1.165) is 66.6 Å². The summed E-state index contributed by atoms with van der Waals surface area (Å²) in [5.41, 5.74) is 9.23. The van der Waals surface area contributed by atoms with Crippen LogP contribution in [0.2, 0.25) is 0 Å². The molecule has 0 atom stereocenters. The summed E-state index contributed by atoms with van der Waals surface area (Å²) in [5, 5.41) is 1.90. The molecule has 7 nitrogen and oxygen atoms in total. The molecular formula is C42H29N5O2Pt2. The van der Waals surface area contributed by atoms with Gasteiger partial charge in [0.15, 0.2) is 0 Å². The average Bonchev–Trinajstić information content (AvgIpc) is 3.41. The first-order valence-electron chi connectivity index (χ1n) is 15.9. The molecule has 0 bridgehead atoms. The predicted octanol–water partition coefficient (Wildman–Crippen LogP) is 9.71. The second-order valence-corrected chi connectivity index (χ2v) is 12.1. The Morgan fingerprint density at radius 3 is 1.39 bits per heavy atom. The summed E-state index contributed by atoms with van der Waals surface area (Å²) < 4.78 is 14.7. The number of rotatable bonds is 7. The summed E-state index contributed by atoms with van der Waals surface area (Å²) in [6.07, 6.45) is 7.04. The van der Waals surface area contributed by atoms with Crippen molar-refractivity contribution in [3.05, 3.63) is 150 Å². The van der Waals surface area contributed by atoms with Crippen LogP contribution < -0.4 is 9.47 Å². The molecule has 4 aromatic carbocycles. The zero-order valence-corrected chi connectivity index (χ0v) is 32.5. The summed E-state index contributed by atoms with van der Waals surface area (Å²) in [4.78, 5) is 18.2. The average molecular weight is 1030 g/mol. The van der Waals surface area contributed by atoms with Crippen LogP contribution in [0.4, 0.5) is 0 Å². The summed E-state index contributed by atoms with van der Waals surface area (Å²) >= 11 is 0. The number of pyridine rings is 2. The topological polar surface area (TPSA) is 75.0 Å². The maximum absolute atomic E-state index is 6.38. The zero-order valence-electron chi connectivity index (χ0n) is 28.0. The molecule has 0 saturated heterocycles. The summed E-state index contributed by atoms with van der Waals surface area (Å²) in [5.74, 6) is 2.68. The monoisotopic (exact) mass is 1030 g/mol. The Labute approximate surface area is 325 Å². The largest absolute Gasteiger partial charge is 2.00 e. The quantitative estimate of drug-likeness (QED) is 0.148. The SMILES string of the molecule is Cc1cc(Oc2[c-]c3c(cc2)c2ccc(Oc4[c-]c(-c5cc(C)ccn5)cc(C)c4)[c-]c2n3-c2ncccn2)[c-]c(-c2cc(C)ccn2)c1.[Pt+2].[Pt+2]. The van der Waals surface area contributed by atoms with Gasteiger partial charge in [-0.05, 0) is 43.4 Å². The van der Waals surface area contributed by atoms with Gasteiger partial charge in [0.1, 0.15) is 0 Å². The molecule has 0 fully saturated rings. The first-order chi connectivity index (χ1) is 23.9. The molecule has 9 heteroatoms. The molecule has 0 aliphatic rings. The van der Waals surface area contributed by atoms with Gasteiger partial charge in [-0.15, -0.1) is 58.7 Å². The van der Waals surface area contributed by atoms with Crippen LogP contribution >= 0.6 is 0 Å². The van der Waals surface area contributed by atoms with Gasteiger partial charge >= 0.3 is 42.1 Å². The van der Waals surface area contributed by atoms with Gasteiger partial charge in [0.05, 0.1) is 0 Å². The van der Waals surface area contributed by atoms with Crippen LogP contribution in [-0.4, -0.2) is 24.5 Å². The van der Waals surface area contributed by atoms with E-state index in [1.807, 2.05) is 92.9 Å². The number of hydrogen-bond donors (Lipinski definition) is 0. The molecule has 0 N–H and O–H groups in total. The van der Waals surface area contributed by atoms with Crippen molar-refractivity contribution in [1.29, 1.82) is 0 Å². The number of aryl methyl sites for hydroxylation is 4. The number of benzene rings is 4. The molecule has 51 heavy (non-hydrogen) atoms. The number of hydrogen-bond acceptors (Lipinski definition) is 6. The Hall–Kier alpha value is -4.96. The van der Waals surface area contributed by atoms with Crippen molar-refractivity contribution in [3.63, 3.8) is 0 Å². The summed E-state index contributed by atoms with van der Waals surface area (Å²) in [6.45, 7) is 8.15. The third-order valence-electron chi connectivity index (χ3n) is 8.09. The van der Waals surface area contributed by atoms with Gasteiger partial charge < -0.3 is 24.0 Å². The molecule has 4 heterocycles. The minimum atomic E-state index is 0. The molecule has 8 rings (SSSR count). The Morgan fingerprint density at radius 1 is 0.471 bits per heavy atom. The van der Waals surface area contributed by atoms with Crippen molar-refractivity contribution in [1.82, 2.24) is 24.5 Å². The molecule has 0 radical (unpaired) electrons. The standard InChI is InChI=1S/C42H29N5O2.2Pt/c1-26-10-14-43-38(20-26)30-16-28(3)18-34(22-30)48-32-6-8-36-37-9-7-33(25-41(37)47(40(36)24-32)42-45-12-5-13-46-42)49-35-19-29(4)17-31(23-35)39-21-27(2)11-15-44-39;;/h5-21H,1-4H3;;/q-4;2*+2. The maximum Gasteiger partial charge on any atom is 2.00 e. The Kier molecular flexibility index (Phi) is 10.6. The van der Waals surface area contributed by atoms with Crippen LogP contribution in [0.5, 0.6) is 23.0 Å². The van der Waals surface area contributed by atoms with E-state index in [9.17, 15) is 0 Å². The molecule has 8 aromatic rings. The van der Waals surface area contributed by atoms with Gasteiger partial charge in [-0.3, -0.25) is 0 Å². The molecule has 254 valence electrons. The molecule has 0 aliphatic heterocycles. The third-order valence-corrected chi connectivity index (χ3v) is 8.09. The molecule has 0 amide bonds. The van der Waals surface area contributed by atoms with Crippen LogP contribution in [0.15, 0.2) is 104 Å². The van der Waals surface area contributed by atoms with Crippen LogP contribution in [0.3, 0.4) is 0 Å². The third kappa shape index (κ3) is 7.56. The molecule has 4 aromatic heterocycles. The molecular weight excluding hydrogens is 997 g/mol. The fourth-order valence-electron chi connectivity index (χ4n) is 5.90. The van der Waals surface area contributed by atoms with Crippen LogP contribution in [-0.2, 0) is 42.1 Å². The number of fused-ring (bicyclic) bond motifs is 3. The Morgan fingerprint density at radius 2 is 0.941 bits per heavy atom. The minimum Gasteiger partial charge on any atom is -0.503 e. The summed E-state index contributed by atoms with van der Waals surface area (Å²) in [7, 11) is 0. The fourth-order valence-corrected chi connectivity index (χ4v) is 5.90.